The van der Waals surface area contributed by atoms with E-state index in [1.165, 1.54) is 35.6 Å². The van der Waals surface area contributed by atoms with E-state index in [9.17, 15) is 13.2 Å². The monoisotopic (exact) mass is 442 g/mol. The third kappa shape index (κ3) is 4.66. The minimum absolute atomic E-state index is 0.142. The summed E-state index contributed by atoms with van der Waals surface area (Å²) in [4.78, 5) is 12.8. The predicted octanol–water partition coefficient (Wildman–Crippen LogP) is 4.96. The number of halogens is 1. The Morgan fingerprint density at radius 1 is 0.967 bits per heavy atom. The highest BCUT2D eigenvalue weighted by atomic mass is 35.5. The quantitative estimate of drug-likeness (QED) is 0.586. The number of aryl methyl sites for hydroxylation is 1. The van der Waals surface area contributed by atoms with E-state index in [0.717, 1.165) is 11.1 Å². The Morgan fingerprint density at radius 2 is 1.57 bits per heavy atom. The standard InChI is InChI=1S/C23H23ClN2O3S/c1-16-6-4-5-7-22(16)17(2)25-23(27)18-8-12-20(13-9-18)26(3)30(28,29)21-14-10-19(24)11-15-21/h4-15,17H,1-3H3,(H,25,27)/t17-/m1/s1. The maximum atomic E-state index is 12.8. The van der Waals surface area contributed by atoms with E-state index in [-0.39, 0.29) is 16.8 Å². The van der Waals surface area contributed by atoms with Crippen LogP contribution >= 0.6 is 11.6 Å². The van der Waals surface area contributed by atoms with Crippen LogP contribution in [0.2, 0.25) is 5.02 Å². The molecule has 3 rings (SSSR count). The summed E-state index contributed by atoms with van der Waals surface area (Å²) in [6, 6.07) is 20.2. The molecule has 5 nitrogen and oxygen atoms in total. The molecule has 1 atom stereocenters. The summed E-state index contributed by atoms with van der Waals surface area (Å²) in [6.07, 6.45) is 0. The smallest absolute Gasteiger partial charge is 0.264 e. The second kappa shape index (κ2) is 8.90. The summed E-state index contributed by atoms with van der Waals surface area (Å²) in [6.45, 7) is 3.94. The van der Waals surface area contributed by atoms with Gasteiger partial charge in [-0.15, -0.1) is 0 Å². The van der Waals surface area contributed by atoms with E-state index in [1.54, 1.807) is 24.3 Å². The van der Waals surface area contributed by atoms with Gasteiger partial charge in [0.25, 0.3) is 15.9 Å². The first kappa shape index (κ1) is 21.9. The van der Waals surface area contributed by atoms with Gasteiger partial charge in [-0.05, 0) is 73.5 Å². The van der Waals surface area contributed by atoms with Gasteiger partial charge in [-0.1, -0.05) is 35.9 Å². The lowest BCUT2D eigenvalue weighted by molar-refractivity contribution is 0.0940. The Balaban J connectivity index is 1.74. The Bertz CT molecular complexity index is 1140. The Labute approximate surface area is 182 Å². The van der Waals surface area contributed by atoms with Gasteiger partial charge < -0.3 is 5.32 Å². The number of nitrogens with one attached hydrogen (secondary N) is 1. The zero-order valence-corrected chi connectivity index (χ0v) is 18.5. The fourth-order valence-corrected chi connectivity index (χ4v) is 4.48. The highest BCUT2D eigenvalue weighted by Crippen LogP contribution is 2.24. The normalized spacial score (nSPS) is 12.3. The molecule has 0 aromatic heterocycles. The van der Waals surface area contributed by atoms with Gasteiger partial charge in [0.1, 0.15) is 0 Å². The number of nitrogens with zero attached hydrogens (tertiary/aromatic N) is 1. The molecule has 1 amide bonds. The Kier molecular flexibility index (Phi) is 6.48. The minimum atomic E-state index is -3.73. The van der Waals surface area contributed by atoms with Crippen LogP contribution in [0.4, 0.5) is 5.69 Å². The number of carbonyl (C=O) groups is 1. The molecule has 0 aliphatic rings. The van der Waals surface area contributed by atoms with Crippen LogP contribution < -0.4 is 9.62 Å². The molecule has 0 spiro atoms. The van der Waals surface area contributed by atoms with Gasteiger partial charge in [0.2, 0.25) is 0 Å². The van der Waals surface area contributed by atoms with E-state index in [2.05, 4.69) is 5.32 Å². The Hall–Kier alpha value is -2.83. The first-order chi connectivity index (χ1) is 14.2. The van der Waals surface area contributed by atoms with Crippen molar-refractivity contribution in [3.63, 3.8) is 0 Å². The van der Waals surface area contributed by atoms with E-state index >= 15 is 0 Å². The van der Waals surface area contributed by atoms with Crippen molar-refractivity contribution < 1.29 is 13.2 Å². The minimum Gasteiger partial charge on any atom is -0.346 e. The van der Waals surface area contributed by atoms with Crippen molar-refractivity contribution in [3.8, 4) is 0 Å². The number of sulfonamides is 1. The number of hydrogen-bond acceptors (Lipinski definition) is 3. The molecule has 1 N–H and O–H groups in total. The highest BCUT2D eigenvalue weighted by molar-refractivity contribution is 7.92. The van der Waals surface area contributed by atoms with Gasteiger partial charge in [-0.3, -0.25) is 9.10 Å². The predicted molar refractivity (Wildman–Crippen MR) is 121 cm³/mol. The molecule has 3 aromatic carbocycles. The second-order valence-electron chi connectivity index (χ2n) is 7.03. The van der Waals surface area contributed by atoms with Crippen LogP contribution in [0.3, 0.4) is 0 Å². The number of hydrogen-bond donors (Lipinski definition) is 1. The summed E-state index contributed by atoms with van der Waals surface area (Å²) in [7, 11) is -2.26. The molecule has 3 aromatic rings. The topological polar surface area (TPSA) is 66.5 Å². The van der Waals surface area contributed by atoms with Crippen LogP contribution in [-0.4, -0.2) is 21.4 Å². The van der Waals surface area contributed by atoms with Crippen molar-refractivity contribution >= 4 is 33.2 Å². The number of anilines is 1. The summed E-state index contributed by atoms with van der Waals surface area (Å²) < 4.78 is 26.8. The third-order valence-corrected chi connectivity index (χ3v) is 7.02. The van der Waals surface area contributed by atoms with Crippen molar-refractivity contribution in [3.05, 3.63) is 94.5 Å². The third-order valence-electron chi connectivity index (χ3n) is 4.97. The van der Waals surface area contributed by atoms with E-state index < -0.39 is 10.0 Å². The van der Waals surface area contributed by atoms with E-state index in [0.29, 0.717) is 16.3 Å². The number of amides is 1. The SMILES string of the molecule is Cc1ccccc1[C@@H](C)NC(=O)c1ccc(N(C)S(=O)(=O)c2ccc(Cl)cc2)cc1. The molecule has 0 saturated carbocycles. The van der Waals surface area contributed by atoms with E-state index in [4.69, 9.17) is 11.6 Å². The van der Waals surface area contributed by atoms with Crippen molar-refractivity contribution in [1.82, 2.24) is 5.32 Å². The summed E-state index contributed by atoms with van der Waals surface area (Å²) >= 11 is 5.84. The lowest BCUT2D eigenvalue weighted by atomic mass is 10.0. The van der Waals surface area contributed by atoms with Crippen LogP contribution in [0.15, 0.2) is 77.7 Å². The van der Waals surface area contributed by atoms with Crippen molar-refractivity contribution in [2.24, 2.45) is 0 Å². The average Bonchev–Trinajstić information content (AvgIpc) is 2.73. The molecule has 0 saturated heterocycles. The van der Waals surface area contributed by atoms with Crippen molar-refractivity contribution in [2.75, 3.05) is 11.4 Å². The highest BCUT2D eigenvalue weighted by Gasteiger charge is 2.21. The van der Waals surface area contributed by atoms with Crippen molar-refractivity contribution in [2.45, 2.75) is 24.8 Å². The van der Waals surface area contributed by atoms with Gasteiger partial charge in [0, 0.05) is 17.6 Å². The lowest BCUT2D eigenvalue weighted by Gasteiger charge is -2.20. The molecule has 0 unspecified atom stereocenters. The average molecular weight is 443 g/mol. The molecule has 30 heavy (non-hydrogen) atoms. The van der Waals surface area contributed by atoms with E-state index in [1.807, 2.05) is 38.1 Å². The molecule has 7 heteroatoms. The van der Waals surface area contributed by atoms with Gasteiger partial charge in [-0.2, -0.15) is 0 Å². The number of carbonyl (C=O) groups excluding carboxylic acids is 1. The second-order valence-corrected chi connectivity index (χ2v) is 9.43. The van der Waals surface area contributed by atoms with Gasteiger partial charge in [0.05, 0.1) is 16.6 Å². The van der Waals surface area contributed by atoms with Crippen LogP contribution in [0.5, 0.6) is 0 Å². The number of benzene rings is 3. The lowest BCUT2D eigenvalue weighted by Crippen LogP contribution is -2.28. The first-order valence-electron chi connectivity index (χ1n) is 9.41. The summed E-state index contributed by atoms with van der Waals surface area (Å²) in [5, 5.41) is 3.44. The molecule has 0 fully saturated rings. The van der Waals surface area contributed by atoms with Gasteiger partial charge >= 0.3 is 0 Å². The summed E-state index contributed by atoms with van der Waals surface area (Å²) in [5.74, 6) is -0.222. The maximum absolute atomic E-state index is 12.8. The fourth-order valence-electron chi connectivity index (χ4n) is 3.16. The van der Waals surface area contributed by atoms with Crippen LogP contribution in [0, 0.1) is 6.92 Å². The van der Waals surface area contributed by atoms with Gasteiger partial charge in [-0.25, -0.2) is 8.42 Å². The largest absolute Gasteiger partial charge is 0.346 e. The number of rotatable bonds is 6. The molecule has 0 radical (unpaired) electrons. The zero-order chi connectivity index (χ0) is 21.9. The molecule has 0 aliphatic carbocycles. The molecule has 0 aliphatic heterocycles. The molecule has 156 valence electrons. The van der Waals surface area contributed by atoms with Crippen LogP contribution in [0.1, 0.15) is 34.5 Å². The molecular weight excluding hydrogens is 420 g/mol. The fraction of sp³-hybridized carbons (Fsp3) is 0.174. The van der Waals surface area contributed by atoms with Crippen molar-refractivity contribution in [1.29, 1.82) is 0 Å². The Morgan fingerprint density at radius 3 is 2.17 bits per heavy atom. The maximum Gasteiger partial charge on any atom is 0.264 e. The zero-order valence-electron chi connectivity index (χ0n) is 17.0. The van der Waals surface area contributed by atoms with Crippen LogP contribution in [-0.2, 0) is 10.0 Å². The molecular formula is C23H23ClN2O3S. The molecule has 0 heterocycles. The van der Waals surface area contributed by atoms with Gasteiger partial charge in [0.15, 0.2) is 0 Å². The summed E-state index contributed by atoms with van der Waals surface area (Å²) in [5.41, 5.74) is 3.07. The first-order valence-corrected chi connectivity index (χ1v) is 11.2. The molecule has 0 bridgehead atoms. The van der Waals surface area contributed by atoms with Crippen LogP contribution in [0.25, 0.3) is 0 Å².